The molecule has 3 nitrogen and oxygen atoms in total. The van der Waals surface area contributed by atoms with Crippen LogP contribution in [-0.2, 0) is 6.54 Å². The van der Waals surface area contributed by atoms with Gasteiger partial charge < -0.3 is 10.1 Å². The summed E-state index contributed by atoms with van der Waals surface area (Å²) in [6, 6.07) is 8.76. The van der Waals surface area contributed by atoms with Crippen LogP contribution in [0.15, 0.2) is 24.3 Å². The van der Waals surface area contributed by atoms with Crippen LogP contribution in [0, 0.1) is 0 Å². The Kier molecular flexibility index (Phi) is 4.61. The average molecular weight is 272 g/mol. The zero-order valence-electron chi connectivity index (χ0n) is 13.0. The van der Waals surface area contributed by atoms with E-state index in [2.05, 4.69) is 45.1 Å². The van der Waals surface area contributed by atoms with Gasteiger partial charge in [-0.1, -0.05) is 27.7 Å². The number of nitrogens with zero attached hydrogens (tertiary/aromatic N) is 1. The molecule has 0 saturated carbocycles. The minimum absolute atomic E-state index is 0.430. The Bertz CT molecular complexity index is 591. The molecule has 0 radical (unpaired) electrons. The molecule has 1 aromatic carbocycles. The van der Waals surface area contributed by atoms with E-state index in [-0.39, 0.29) is 0 Å². The number of pyridine rings is 1. The summed E-state index contributed by atoms with van der Waals surface area (Å²) >= 11 is 0. The normalized spacial score (nSPS) is 11.6. The van der Waals surface area contributed by atoms with Crippen molar-refractivity contribution in [1.29, 1.82) is 0 Å². The molecule has 0 atom stereocenters. The highest BCUT2D eigenvalue weighted by atomic mass is 16.5. The summed E-state index contributed by atoms with van der Waals surface area (Å²) in [5.41, 5.74) is 3.46. The molecular formula is C17H24N2O. The first-order valence-corrected chi connectivity index (χ1v) is 7.22. The molecule has 2 aromatic rings. The van der Waals surface area contributed by atoms with Gasteiger partial charge in [0.1, 0.15) is 5.75 Å². The number of benzene rings is 1. The van der Waals surface area contributed by atoms with Crippen molar-refractivity contribution < 1.29 is 4.74 Å². The number of nitrogens with one attached hydrogen (secondary N) is 1. The van der Waals surface area contributed by atoms with Crippen molar-refractivity contribution in [1.82, 2.24) is 10.3 Å². The van der Waals surface area contributed by atoms with Crippen LogP contribution in [-0.4, -0.2) is 18.1 Å². The summed E-state index contributed by atoms with van der Waals surface area (Å²) in [4.78, 5) is 4.75. The maximum absolute atomic E-state index is 5.33. The molecule has 20 heavy (non-hydrogen) atoms. The number of aromatic nitrogens is 1. The minimum atomic E-state index is 0.430. The third-order valence-corrected chi connectivity index (χ3v) is 3.41. The SMILES string of the molecule is COc1ccc2nc(C(C)C)cc(CNC(C)C)c2c1. The van der Waals surface area contributed by atoms with Gasteiger partial charge in [-0.3, -0.25) is 4.98 Å². The van der Waals surface area contributed by atoms with Crippen LogP contribution in [0.5, 0.6) is 5.75 Å². The van der Waals surface area contributed by atoms with Crippen molar-refractivity contribution >= 4 is 10.9 Å². The Hall–Kier alpha value is -1.61. The van der Waals surface area contributed by atoms with E-state index in [4.69, 9.17) is 9.72 Å². The first-order valence-electron chi connectivity index (χ1n) is 7.22. The highest BCUT2D eigenvalue weighted by Gasteiger charge is 2.10. The maximum atomic E-state index is 5.33. The molecule has 108 valence electrons. The summed E-state index contributed by atoms with van der Waals surface area (Å²) < 4.78 is 5.33. The Morgan fingerprint density at radius 2 is 1.90 bits per heavy atom. The van der Waals surface area contributed by atoms with E-state index in [1.807, 2.05) is 12.1 Å². The van der Waals surface area contributed by atoms with Gasteiger partial charge in [-0.05, 0) is 35.7 Å². The zero-order valence-corrected chi connectivity index (χ0v) is 13.0. The summed E-state index contributed by atoms with van der Waals surface area (Å²) in [6.45, 7) is 9.53. The highest BCUT2D eigenvalue weighted by molar-refractivity contribution is 5.84. The van der Waals surface area contributed by atoms with E-state index in [9.17, 15) is 0 Å². The van der Waals surface area contributed by atoms with Crippen molar-refractivity contribution in [2.24, 2.45) is 0 Å². The number of hydrogen-bond donors (Lipinski definition) is 1. The van der Waals surface area contributed by atoms with Gasteiger partial charge in [-0.25, -0.2) is 0 Å². The summed E-state index contributed by atoms with van der Waals surface area (Å²) in [6.07, 6.45) is 0. The van der Waals surface area contributed by atoms with Gasteiger partial charge in [0.25, 0.3) is 0 Å². The van der Waals surface area contributed by atoms with E-state index >= 15 is 0 Å². The molecule has 1 N–H and O–H groups in total. The Labute approximate surface area is 121 Å². The summed E-state index contributed by atoms with van der Waals surface area (Å²) in [5, 5.41) is 4.66. The van der Waals surface area contributed by atoms with Crippen molar-refractivity contribution in [3.8, 4) is 5.75 Å². The van der Waals surface area contributed by atoms with Gasteiger partial charge in [0.15, 0.2) is 0 Å². The molecule has 3 heteroatoms. The van der Waals surface area contributed by atoms with Gasteiger partial charge in [-0.15, -0.1) is 0 Å². The molecule has 0 saturated heterocycles. The lowest BCUT2D eigenvalue weighted by Gasteiger charge is -2.14. The van der Waals surface area contributed by atoms with Gasteiger partial charge in [0.2, 0.25) is 0 Å². The molecule has 1 aromatic heterocycles. The number of fused-ring (bicyclic) bond motifs is 1. The van der Waals surface area contributed by atoms with Crippen LogP contribution in [0.25, 0.3) is 10.9 Å². The van der Waals surface area contributed by atoms with E-state index in [0.29, 0.717) is 12.0 Å². The Balaban J connectivity index is 2.52. The average Bonchev–Trinajstić information content (AvgIpc) is 2.43. The van der Waals surface area contributed by atoms with Crippen LogP contribution in [0.1, 0.15) is 44.9 Å². The molecular weight excluding hydrogens is 248 g/mol. The fraction of sp³-hybridized carbons (Fsp3) is 0.471. The summed E-state index contributed by atoms with van der Waals surface area (Å²) in [5.74, 6) is 1.31. The second-order valence-electron chi connectivity index (χ2n) is 5.78. The highest BCUT2D eigenvalue weighted by Crippen LogP contribution is 2.26. The molecule has 0 aliphatic heterocycles. The predicted molar refractivity (Wildman–Crippen MR) is 84.4 cm³/mol. The van der Waals surface area contributed by atoms with Crippen molar-refractivity contribution in [2.75, 3.05) is 7.11 Å². The molecule has 0 amide bonds. The second-order valence-corrected chi connectivity index (χ2v) is 5.78. The van der Waals surface area contributed by atoms with Gasteiger partial charge in [-0.2, -0.15) is 0 Å². The topological polar surface area (TPSA) is 34.1 Å². The summed E-state index contributed by atoms with van der Waals surface area (Å²) in [7, 11) is 1.70. The number of hydrogen-bond acceptors (Lipinski definition) is 3. The van der Waals surface area contributed by atoms with Crippen molar-refractivity contribution in [3.05, 3.63) is 35.5 Å². The van der Waals surface area contributed by atoms with Crippen LogP contribution in [0.3, 0.4) is 0 Å². The molecule has 0 aliphatic rings. The number of methoxy groups -OCH3 is 1. The minimum Gasteiger partial charge on any atom is -0.497 e. The zero-order chi connectivity index (χ0) is 14.7. The molecule has 0 bridgehead atoms. The fourth-order valence-corrected chi connectivity index (χ4v) is 2.18. The lowest BCUT2D eigenvalue weighted by molar-refractivity contribution is 0.415. The van der Waals surface area contributed by atoms with Gasteiger partial charge in [0, 0.05) is 23.7 Å². The van der Waals surface area contributed by atoms with Crippen LogP contribution in [0.4, 0.5) is 0 Å². The lowest BCUT2D eigenvalue weighted by Crippen LogP contribution is -2.22. The number of rotatable bonds is 5. The number of ether oxygens (including phenoxy) is 1. The maximum Gasteiger partial charge on any atom is 0.119 e. The molecule has 1 heterocycles. The first-order chi connectivity index (χ1) is 9.51. The standard InChI is InChI=1S/C17H24N2O/c1-11(2)17-8-13(10-18-12(3)4)15-9-14(20-5)6-7-16(15)19-17/h6-9,11-12,18H,10H2,1-5H3. The lowest BCUT2D eigenvalue weighted by atomic mass is 10.0. The quantitative estimate of drug-likeness (QED) is 0.897. The van der Waals surface area contributed by atoms with Crippen LogP contribution < -0.4 is 10.1 Å². The third-order valence-electron chi connectivity index (χ3n) is 3.41. The van der Waals surface area contributed by atoms with E-state index < -0.39 is 0 Å². The van der Waals surface area contributed by atoms with E-state index in [0.717, 1.165) is 23.5 Å². The van der Waals surface area contributed by atoms with Crippen molar-refractivity contribution in [3.63, 3.8) is 0 Å². The third kappa shape index (κ3) is 3.28. The van der Waals surface area contributed by atoms with Crippen LogP contribution in [0.2, 0.25) is 0 Å². The monoisotopic (exact) mass is 272 g/mol. The van der Waals surface area contributed by atoms with Gasteiger partial charge >= 0.3 is 0 Å². The fourth-order valence-electron chi connectivity index (χ4n) is 2.18. The predicted octanol–water partition coefficient (Wildman–Crippen LogP) is 3.86. The molecule has 0 spiro atoms. The van der Waals surface area contributed by atoms with E-state index in [1.165, 1.54) is 10.9 Å². The van der Waals surface area contributed by atoms with Crippen LogP contribution >= 0.6 is 0 Å². The molecule has 2 rings (SSSR count). The Morgan fingerprint density at radius 1 is 1.15 bits per heavy atom. The Morgan fingerprint density at radius 3 is 2.50 bits per heavy atom. The molecule has 0 unspecified atom stereocenters. The van der Waals surface area contributed by atoms with E-state index in [1.54, 1.807) is 7.11 Å². The molecule has 0 aliphatic carbocycles. The molecule has 0 fully saturated rings. The second kappa shape index (κ2) is 6.23. The largest absolute Gasteiger partial charge is 0.497 e. The van der Waals surface area contributed by atoms with Crippen molar-refractivity contribution in [2.45, 2.75) is 46.2 Å². The van der Waals surface area contributed by atoms with Gasteiger partial charge in [0.05, 0.1) is 12.6 Å². The smallest absolute Gasteiger partial charge is 0.119 e. The first kappa shape index (κ1) is 14.8.